The van der Waals surface area contributed by atoms with Crippen molar-refractivity contribution >= 4 is 35.5 Å². The Hall–Kier alpha value is -3.47. The number of thioether (sulfide) groups is 1. The molecule has 27 heavy (non-hydrogen) atoms. The van der Waals surface area contributed by atoms with Crippen LogP contribution in [0.25, 0.3) is 0 Å². The summed E-state index contributed by atoms with van der Waals surface area (Å²) in [7, 11) is 1.58. The zero-order valence-electron chi connectivity index (χ0n) is 14.3. The molecular weight excluding hydrogens is 370 g/mol. The number of rotatable bonds is 8. The highest BCUT2D eigenvalue weighted by Gasteiger charge is 2.12. The standard InChI is InChI=1S/C16H17N7O3S/c1-25-12-6-4-11(5-7-12)19-14(24)10-27-16-22-21-15(23(16)17)20-18-9-13-3-2-8-26-13/h2-9H,10,17H2,1H3,(H,19,24)(H,20,21)/b18-9+. The fourth-order valence-corrected chi connectivity index (χ4v) is 2.63. The van der Waals surface area contributed by atoms with Crippen molar-refractivity contribution in [3.05, 3.63) is 48.4 Å². The van der Waals surface area contributed by atoms with Gasteiger partial charge in [0.15, 0.2) is 0 Å². The maximum atomic E-state index is 12.1. The van der Waals surface area contributed by atoms with E-state index >= 15 is 0 Å². The summed E-state index contributed by atoms with van der Waals surface area (Å²) in [4.78, 5) is 12.1. The fourth-order valence-electron chi connectivity index (χ4n) is 1.97. The van der Waals surface area contributed by atoms with Crippen molar-refractivity contribution in [3.8, 4) is 5.75 Å². The van der Waals surface area contributed by atoms with Crippen molar-refractivity contribution in [2.75, 3.05) is 29.4 Å². The van der Waals surface area contributed by atoms with Crippen LogP contribution in [-0.4, -0.2) is 39.9 Å². The SMILES string of the molecule is COc1ccc(NC(=O)CSc2nnc(N/N=C/c3ccco3)n2N)cc1. The predicted molar refractivity (Wildman–Crippen MR) is 102 cm³/mol. The summed E-state index contributed by atoms with van der Waals surface area (Å²) in [5.41, 5.74) is 3.33. The lowest BCUT2D eigenvalue weighted by atomic mass is 10.3. The third-order valence-electron chi connectivity index (χ3n) is 3.27. The zero-order chi connectivity index (χ0) is 19.1. The van der Waals surface area contributed by atoms with Crippen LogP contribution in [-0.2, 0) is 4.79 Å². The summed E-state index contributed by atoms with van der Waals surface area (Å²) in [6.07, 6.45) is 3.02. The Morgan fingerprint density at radius 1 is 1.37 bits per heavy atom. The molecule has 1 aromatic carbocycles. The van der Waals surface area contributed by atoms with Crippen molar-refractivity contribution in [2.45, 2.75) is 5.16 Å². The highest BCUT2D eigenvalue weighted by Crippen LogP contribution is 2.18. The van der Waals surface area contributed by atoms with Crippen LogP contribution in [0.3, 0.4) is 0 Å². The number of nitrogen functional groups attached to an aromatic ring is 1. The lowest BCUT2D eigenvalue weighted by molar-refractivity contribution is -0.113. The van der Waals surface area contributed by atoms with E-state index in [2.05, 4.69) is 26.0 Å². The van der Waals surface area contributed by atoms with Crippen molar-refractivity contribution in [1.82, 2.24) is 14.9 Å². The summed E-state index contributed by atoms with van der Waals surface area (Å²) >= 11 is 1.15. The number of hydrogen-bond donors (Lipinski definition) is 3. The van der Waals surface area contributed by atoms with Crippen LogP contribution in [0.2, 0.25) is 0 Å². The Morgan fingerprint density at radius 3 is 2.89 bits per heavy atom. The Bertz CT molecular complexity index is 907. The Kier molecular flexibility index (Phi) is 5.94. The van der Waals surface area contributed by atoms with Crippen LogP contribution in [0.1, 0.15) is 5.76 Å². The van der Waals surface area contributed by atoms with Crippen LogP contribution < -0.4 is 21.3 Å². The summed E-state index contributed by atoms with van der Waals surface area (Å²) in [6.45, 7) is 0. The quantitative estimate of drug-likeness (QED) is 0.230. The van der Waals surface area contributed by atoms with Gasteiger partial charge in [-0.2, -0.15) is 5.10 Å². The molecule has 11 heteroatoms. The second kappa shape index (κ2) is 8.76. The molecule has 10 nitrogen and oxygen atoms in total. The molecule has 0 saturated carbocycles. The lowest BCUT2D eigenvalue weighted by Crippen LogP contribution is -2.16. The number of amides is 1. The van der Waals surface area contributed by atoms with Gasteiger partial charge in [0, 0.05) is 5.69 Å². The van der Waals surface area contributed by atoms with Crippen LogP contribution in [0.5, 0.6) is 5.75 Å². The number of carbonyl (C=O) groups is 1. The number of anilines is 2. The third kappa shape index (κ3) is 5.01. The number of hydrogen-bond acceptors (Lipinski definition) is 9. The van der Waals surface area contributed by atoms with Gasteiger partial charge in [-0.25, -0.2) is 10.1 Å². The van der Waals surface area contributed by atoms with Crippen molar-refractivity contribution in [2.24, 2.45) is 5.10 Å². The van der Waals surface area contributed by atoms with Crippen LogP contribution in [0.15, 0.2) is 57.3 Å². The normalized spacial score (nSPS) is 10.9. The van der Waals surface area contributed by atoms with E-state index in [4.69, 9.17) is 15.0 Å². The minimum atomic E-state index is -0.196. The van der Waals surface area contributed by atoms with Crippen LogP contribution in [0, 0.1) is 0 Å². The molecule has 0 spiro atoms. The molecule has 4 N–H and O–H groups in total. The van der Waals surface area contributed by atoms with Gasteiger partial charge in [0.05, 0.1) is 25.3 Å². The van der Waals surface area contributed by atoms with Gasteiger partial charge in [-0.3, -0.25) is 4.79 Å². The number of aromatic nitrogens is 3. The van der Waals surface area contributed by atoms with Gasteiger partial charge in [0.25, 0.3) is 5.95 Å². The minimum Gasteiger partial charge on any atom is -0.497 e. The van der Waals surface area contributed by atoms with Gasteiger partial charge in [-0.1, -0.05) is 11.8 Å². The smallest absolute Gasteiger partial charge is 0.264 e. The number of nitrogens with two attached hydrogens (primary N) is 1. The number of nitrogens with zero attached hydrogens (tertiary/aromatic N) is 4. The molecule has 0 fully saturated rings. The first-order chi connectivity index (χ1) is 13.2. The number of ether oxygens (including phenoxy) is 1. The van der Waals surface area contributed by atoms with Gasteiger partial charge >= 0.3 is 0 Å². The van der Waals surface area contributed by atoms with Crippen molar-refractivity contribution in [3.63, 3.8) is 0 Å². The Morgan fingerprint density at radius 2 is 2.19 bits per heavy atom. The molecular formula is C16H17N7O3S. The lowest BCUT2D eigenvalue weighted by Gasteiger charge is -2.06. The molecule has 2 heterocycles. The number of hydrazone groups is 1. The van der Waals surface area contributed by atoms with E-state index in [0.29, 0.717) is 22.4 Å². The van der Waals surface area contributed by atoms with E-state index in [1.54, 1.807) is 49.8 Å². The van der Waals surface area contributed by atoms with Gasteiger partial charge in [0.2, 0.25) is 11.1 Å². The molecule has 1 amide bonds. The monoisotopic (exact) mass is 387 g/mol. The molecule has 0 aliphatic carbocycles. The summed E-state index contributed by atoms with van der Waals surface area (Å²) < 4.78 is 11.4. The van der Waals surface area contributed by atoms with E-state index < -0.39 is 0 Å². The number of furan rings is 1. The van der Waals surface area contributed by atoms with Gasteiger partial charge in [-0.15, -0.1) is 10.2 Å². The van der Waals surface area contributed by atoms with Gasteiger partial charge < -0.3 is 20.3 Å². The van der Waals surface area contributed by atoms with E-state index in [1.807, 2.05) is 0 Å². The van der Waals surface area contributed by atoms with Crippen molar-refractivity contribution < 1.29 is 13.9 Å². The predicted octanol–water partition coefficient (Wildman–Crippen LogP) is 1.77. The molecule has 0 radical (unpaired) electrons. The average molecular weight is 387 g/mol. The molecule has 0 unspecified atom stereocenters. The minimum absolute atomic E-state index is 0.122. The van der Waals surface area contributed by atoms with E-state index in [0.717, 1.165) is 11.8 Å². The van der Waals surface area contributed by atoms with E-state index in [9.17, 15) is 4.79 Å². The maximum Gasteiger partial charge on any atom is 0.264 e. The molecule has 140 valence electrons. The number of carbonyl (C=O) groups excluding carboxylic acids is 1. The van der Waals surface area contributed by atoms with Crippen LogP contribution in [0.4, 0.5) is 11.6 Å². The molecule has 0 aliphatic rings. The molecule has 0 aliphatic heterocycles. The number of methoxy groups -OCH3 is 1. The summed E-state index contributed by atoms with van der Waals surface area (Å²) in [6, 6.07) is 10.5. The maximum absolute atomic E-state index is 12.1. The second-order valence-corrected chi connectivity index (χ2v) is 6.07. The number of benzene rings is 1. The zero-order valence-corrected chi connectivity index (χ0v) is 15.1. The molecule has 0 atom stereocenters. The van der Waals surface area contributed by atoms with E-state index in [1.165, 1.54) is 10.9 Å². The molecule has 2 aromatic heterocycles. The third-order valence-corrected chi connectivity index (χ3v) is 4.21. The Balaban J connectivity index is 1.50. The second-order valence-electron chi connectivity index (χ2n) is 5.13. The first-order valence-electron chi connectivity index (χ1n) is 7.75. The molecule has 0 bridgehead atoms. The van der Waals surface area contributed by atoms with Gasteiger partial charge in [0.1, 0.15) is 11.5 Å². The van der Waals surface area contributed by atoms with Gasteiger partial charge in [-0.05, 0) is 36.4 Å². The average Bonchev–Trinajstić information content (AvgIpc) is 3.31. The topological polar surface area (TPSA) is 133 Å². The van der Waals surface area contributed by atoms with Crippen LogP contribution >= 0.6 is 11.8 Å². The molecule has 0 saturated heterocycles. The number of nitrogens with one attached hydrogen (secondary N) is 2. The molecule has 3 rings (SSSR count). The molecule has 3 aromatic rings. The first kappa shape index (κ1) is 18.3. The highest BCUT2D eigenvalue weighted by molar-refractivity contribution is 7.99. The first-order valence-corrected chi connectivity index (χ1v) is 8.74. The Labute approximate surface area is 158 Å². The highest BCUT2D eigenvalue weighted by atomic mass is 32.2. The van der Waals surface area contributed by atoms with Crippen molar-refractivity contribution in [1.29, 1.82) is 0 Å². The fraction of sp³-hybridized carbons (Fsp3) is 0.125. The summed E-state index contributed by atoms with van der Waals surface area (Å²) in [5, 5.41) is 14.9. The van der Waals surface area contributed by atoms with E-state index in [-0.39, 0.29) is 17.6 Å². The summed E-state index contributed by atoms with van der Waals surface area (Å²) in [5.74, 6) is 7.35. The largest absolute Gasteiger partial charge is 0.497 e.